The van der Waals surface area contributed by atoms with Crippen LogP contribution in [0.5, 0.6) is 0 Å². The van der Waals surface area contributed by atoms with E-state index in [0.717, 1.165) is 0 Å². The summed E-state index contributed by atoms with van der Waals surface area (Å²) in [5.41, 5.74) is 0.982. The molecule has 0 saturated heterocycles. The predicted octanol–water partition coefficient (Wildman–Crippen LogP) is 0.534. The van der Waals surface area contributed by atoms with Gasteiger partial charge in [-0.2, -0.15) is 5.26 Å². The van der Waals surface area contributed by atoms with Crippen molar-refractivity contribution in [1.82, 2.24) is 20.0 Å². The average molecular weight is 171 g/mol. The van der Waals surface area contributed by atoms with Gasteiger partial charge in [-0.05, 0) is 12.1 Å². The molecule has 0 N–H and O–H groups in total. The van der Waals surface area contributed by atoms with Gasteiger partial charge in [0.2, 0.25) is 0 Å². The Hall–Kier alpha value is -2.22. The average Bonchev–Trinajstić information content (AvgIpc) is 2.70. The Morgan fingerprint density at radius 3 is 3.00 bits per heavy atom. The Balaban J connectivity index is 2.59. The van der Waals surface area contributed by atoms with Gasteiger partial charge in [0, 0.05) is 6.20 Å². The number of aromatic nitrogens is 4. The third-order valence-corrected chi connectivity index (χ3v) is 1.56. The van der Waals surface area contributed by atoms with E-state index in [9.17, 15) is 0 Å². The van der Waals surface area contributed by atoms with Gasteiger partial charge in [-0.3, -0.25) is 0 Å². The van der Waals surface area contributed by atoms with Crippen molar-refractivity contribution in [1.29, 1.82) is 5.26 Å². The second-order valence-corrected chi connectivity index (χ2v) is 2.33. The van der Waals surface area contributed by atoms with Crippen molar-refractivity contribution in [2.24, 2.45) is 0 Å². The highest BCUT2D eigenvalue weighted by atomic mass is 15.4. The van der Waals surface area contributed by atoms with Crippen molar-refractivity contribution < 1.29 is 0 Å². The van der Waals surface area contributed by atoms with Crippen LogP contribution in [0, 0.1) is 11.3 Å². The fourth-order valence-electron chi connectivity index (χ4n) is 1.00. The fourth-order valence-corrected chi connectivity index (χ4v) is 1.00. The topological polar surface area (TPSA) is 67.4 Å². The zero-order valence-corrected chi connectivity index (χ0v) is 6.62. The summed E-state index contributed by atoms with van der Waals surface area (Å²) in [6.45, 7) is 0. The molecule has 5 nitrogen and oxygen atoms in total. The van der Waals surface area contributed by atoms with Crippen LogP contribution in [0.25, 0.3) is 5.69 Å². The first-order valence-electron chi connectivity index (χ1n) is 3.63. The van der Waals surface area contributed by atoms with Gasteiger partial charge in [-0.25, -0.2) is 9.67 Å². The summed E-state index contributed by atoms with van der Waals surface area (Å²) in [7, 11) is 0. The minimum Gasteiger partial charge on any atom is -0.243 e. The summed E-state index contributed by atoms with van der Waals surface area (Å²) in [5.74, 6) is 0. The first-order chi connectivity index (χ1) is 6.42. The maximum atomic E-state index is 8.74. The molecule has 13 heavy (non-hydrogen) atoms. The summed E-state index contributed by atoms with van der Waals surface area (Å²) < 4.78 is 1.51. The Labute approximate surface area is 74.3 Å². The predicted molar refractivity (Wildman–Crippen MR) is 43.9 cm³/mol. The summed E-state index contributed by atoms with van der Waals surface area (Å²) in [6.07, 6.45) is 4.78. The van der Waals surface area contributed by atoms with E-state index in [2.05, 4.69) is 15.3 Å². The molecule has 2 aromatic rings. The van der Waals surface area contributed by atoms with Crippen LogP contribution in [-0.4, -0.2) is 20.0 Å². The molecule has 2 rings (SSSR count). The molecule has 0 aliphatic rings. The van der Waals surface area contributed by atoms with E-state index >= 15 is 0 Å². The van der Waals surface area contributed by atoms with E-state index in [1.165, 1.54) is 4.68 Å². The maximum absolute atomic E-state index is 8.74. The van der Waals surface area contributed by atoms with Crippen molar-refractivity contribution in [2.75, 3.05) is 0 Å². The molecule has 0 amide bonds. The minimum atomic E-state index is 0.341. The van der Waals surface area contributed by atoms with E-state index < -0.39 is 0 Å². The number of rotatable bonds is 1. The molecule has 0 unspecified atom stereocenters. The number of nitriles is 1. The molecule has 2 aromatic heterocycles. The largest absolute Gasteiger partial charge is 0.243 e. The molecule has 62 valence electrons. The molecule has 0 atom stereocenters. The van der Waals surface area contributed by atoms with E-state index in [4.69, 9.17) is 5.26 Å². The quantitative estimate of drug-likeness (QED) is 0.627. The number of nitrogens with zero attached hydrogens (tertiary/aromatic N) is 5. The van der Waals surface area contributed by atoms with E-state index in [1.54, 1.807) is 30.7 Å². The highest BCUT2D eigenvalue weighted by molar-refractivity contribution is 5.42. The maximum Gasteiger partial charge on any atom is 0.166 e. The number of pyridine rings is 1. The van der Waals surface area contributed by atoms with Crippen LogP contribution < -0.4 is 0 Å². The fraction of sp³-hybridized carbons (Fsp3) is 0. The SMILES string of the molecule is N#Cc1ncccc1-n1ccnn1. The van der Waals surface area contributed by atoms with Gasteiger partial charge in [-0.1, -0.05) is 5.21 Å². The highest BCUT2D eigenvalue weighted by Crippen LogP contribution is 2.07. The molecule has 5 heteroatoms. The third-order valence-electron chi connectivity index (χ3n) is 1.56. The van der Waals surface area contributed by atoms with Gasteiger partial charge < -0.3 is 0 Å². The number of hydrogen-bond acceptors (Lipinski definition) is 4. The molecule has 0 bridgehead atoms. The van der Waals surface area contributed by atoms with Crippen molar-refractivity contribution in [3.05, 3.63) is 36.4 Å². The normalized spacial score (nSPS) is 9.46. The molecular formula is C8H5N5. The Kier molecular flexibility index (Phi) is 1.73. The third kappa shape index (κ3) is 1.25. The van der Waals surface area contributed by atoms with E-state index in [1.807, 2.05) is 6.07 Å². The van der Waals surface area contributed by atoms with Crippen LogP contribution in [0.15, 0.2) is 30.7 Å². The van der Waals surface area contributed by atoms with Crippen molar-refractivity contribution in [2.45, 2.75) is 0 Å². The molecule has 0 aliphatic carbocycles. The molecule has 0 spiro atoms. The zero-order chi connectivity index (χ0) is 9.10. The van der Waals surface area contributed by atoms with Crippen LogP contribution in [0.1, 0.15) is 5.69 Å². The minimum absolute atomic E-state index is 0.341. The lowest BCUT2D eigenvalue weighted by atomic mass is 10.3. The van der Waals surface area contributed by atoms with Crippen molar-refractivity contribution in [3.63, 3.8) is 0 Å². The zero-order valence-electron chi connectivity index (χ0n) is 6.62. The summed E-state index contributed by atoms with van der Waals surface area (Å²) in [5, 5.41) is 16.2. The monoisotopic (exact) mass is 171 g/mol. The van der Waals surface area contributed by atoms with Gasteiger partial charge in [0.05, 0.1) is 12.4 Å². The lowest BCUT2D eigenvalue weighted by Crippen LogP contribution is -1.99. The van der Waals surface area contributed by atoms with Crippen LogP contribution >= 0.6 is 0 Å². The van der Waals surface area contributed by atoms with Crippen LogP contribution in [0.4, 0.5) is 0 Å². The standard InChI is InChI=1S/C8H5N5/c9-6-7-8(2-1-3-10-7)13-5-4-11-12-13/h1-5H. The van der Waals surface area contributed by atoms with E-state index in [-0.39, 0.29) is 0 Å². The molecule has 0 radical (unpaired) electrons. The second-order valence-electron chi connectivity index (χ2n) is 2.33. The van der Waals surface area contributed by atoms with Crippen LogP contribution in [0.3, 0.4) is 0 Å². The van der Waals surface area contributed by atoms with E-state index in [0.29, 0.717) is 11.4 Å². The second kappa shape index (κ2) is 3.03. The van der Waals surface area contributed by atoms with Gasteiger partial charge >= 0.3 is 0 Å². The summed E-state index contributed by atoms with van der Waals surface area (Å²) in [4.78, 5) is 3.90. The first kappa shape index (κ1) is 7.43. The lowest BCUT2D eigenvalue weighted by Gasteiger charge is -1.99. The van der Waals surface area contributed by atoms with Crippen LogP contribution in [-0.2, 0) is 0 Å². The van der Waals surface area contributed by atoms with Crippen molar-refractivity contribution >= 4 is 0 Å². The Morgan fingerprint density at radius 2 is 2.31 bits per heavy atom. The van der Waals surface area contributed by atoms with Gasteiger partial charge in [0.15, 0.2) is 5.69 Å². The molecule has 0 fully saturated rings. The van der Waals surface area contributed by atoms with Gasteiger partial charge in [0.1, 0.15) is 11.8 Å². The molecule has 0 saturated carbocycles. The van der Waals surface area contributed by atoms with Crippen LogP contribution in [0.2, 0.25) is 0 Å². The lowest BCUT2D eigenvalue weighted by molar-refractivity contribution is 0.797. The Morgan fingerprint density at radius 1 is 1.38 bits per heavy atom. The van der Waals surface area contributed by atoms with Gasteiger partial charge in [0.25, 0.3) is 0 Å². The smallest absolute Gasteiger partial charge is 0.166 e. The highest BCUT2D eigenvalue weighted by Gasteiger charge is 2.03. The summed E-state index contributed by atoms with van der Waals surface area (Å²) in [6, 6.07) is 5.50. The van der Waals surface area contributed by atoms with Crippen molar-refractivity contribution in [3.8, 4) is 11.8 Å². The van der Waals surface area contributed by atoms with Gasteiger partial charge in [-0.15, -0.1) is 5.10 Å². The Bertz CT molecular complexity index is 440. The first-order valence-corrected chi connectivity index (χ1v) is 3.63. The number of hydrogen-bond donors (Lipinski definition) is 0. The molecule has 2 heterocycles. The molecule has 0 aromatic carbocycles. The molecular weight excluding hydrogens is 166 g/mol. The summed E-state index contributed by atoms with van der Waals surface area (Å²) >= 11 is 0. The molecule has 0 aliphatic heterocycles.